The van der Waals surface area contributed by atoms with Crippen LogP contribution in [0, 0.1) is 6.58 Å². The van der Waals surface area contributed by atoms with Gasteiger partial charge in [-0.1, -0.05) is 49.9 Å². The Morgan fingerprint density at radius 3 is 2.62 bits per heavy atom. The highest BCUT2D eigenvalue weighted by molar-refractivity contribution is 5.18. The van der Waals surface area contributed by atoms with Gasteiger partial charge in [0.1, 0.15) is 0 Å². The molecule has 0 aromatic heterocycles. The van der Waals surface area contributed by atoms with E-state index in [4.69, 9.17) is 6.58 Å². The summed E-state index contributed by atoms with van der Waals surface area (Å²) in [6.07, 6.45) is 5.18. The number of allylic oxidation sites excluding steroid dienone is 1. The van der Waals surface area contributed by atoms with Gasteiger partial charge in [0.15, 0.2) is 0 Å². The molecule has 0 fully saturated rings. The molecule has 1 unspecified atom stereocenters. The minimum absolute atomic E-state index is 0.654. The van der Waals surface area contributed by atoms with Crippen LogP contribution < -0.4 is 0 Å². The van der Waals surface area contributed by atoms with Gasteiger partial charge in [-0.25, -0.2) is 0 Å². The standard InChI is InChI=1S/C13H17/c1-3-4-6-9-12(2)13-10-7-5-8-11-13/h1,3,5,7-8,10-12H,4,6,9H2,2H3. The van der Waals surface area contributed by atoms with E-state index in [1.54, 1.807) is 6.08 Å². The van der Waals surface area contributed by atoms with Crippen LogP contribution in [0.25, 0.3) is 0 Å². The van der Waals surface area contributed by atoms with Gasteiger partial charge < -0.3 is 0 Å². The lowest BCUT2D eigenvalue weighted by Crippen LogP contribution is -1.92. The van der Waals surface area contributed by atoms with Gasteiger partial charge in [0.2, 0.25) is 0 Å². The number of hydrogen-bond donors (Lipinski definition) is 0. The molecule has 13 heavy (non-hydrogen) atoms. The zero-order chi connectivity index (χ0) is 9.52. The smallest absolute Gasteiger partial charge is 0.0190 e. The van der Waals surface area contributed by atoms with E-state index in [1.807, 2.05) is 0 Å². The molecule has 0 aliphatic rings. The molecule has 1 rings (SSSR count). The molecule has 69 valence electrons. The predicted octanol–water partition coefficient (Wildman–Crippen LogP) is 3.95. The van der Waals surface area contributed by atoms with Crippen LogP contribution in [0.5, 0.6) is 0 Å². The maximum atomic E-state index is 5.33. The van der Waals surface area contributed by atoms with Gasteiger partial charge >= 0.3 is 0 Å². The largest absolute Gasteiger partial charge is 0.0845 e. The maximum absolute atomic E-state index is 5.33. The molecule has 1 radical (unpaired) electrons. The monoisotopic (exact) mass is 173 g/mol. The average Bonchev–Trinajstić information content (AvgIpc) is 2.19. The molecule has 0 amide bonds. The summed E-state index contributed by atoms with van der Waals surface area (Å²) in [4.78, 5) is 0. The van der Waals surface area contributed by atoms with Crippen LogP contribution in [-0.2, 0) is 0 Å². The van der Waals surface area contributed by atoms with Crippen molar-refractivity contribution in [2.45, 2.75) is 32.1 Å². The molecule has 0 nitrogen and oxygen atoms in total. The van der Waals surface area contributed by atoms with E-state index in [1.165, 1.54) is 18.4 Å². The second kappa shape index (κ2) is 5.58. The van der Waals surface area contributed by atoms with E-state index >= 15 is 0 Å². The minimum atomic E-state index is 0.654. The van der Waals surface area contributed by atoms with Crippen LogP contribution in [0.1, 0.15) is 37.7 Å². The summed E-state index contributed by atoms with van der Waals surface area (Å²) in [5.74, 6) is 0.654. The van der Waals surface area contributed by atoms with Crippen molar-refractivity contribution in [1.82, 2.24) is 0 Å². The van der Waals surface area contributed by atoms with Gasteiger partial charge in [-0.2, -0.15) is 0 Å². The van der Waals surface area contributed by atoms with Gasteiger partial charge in [-0.05, 0) is 30.7 Å². The molecular formula is C13H17. The fourth-order valence-corrected chi connectivity index (χ4v) is 1.49. The molecule has 0 heterocycles. The van der Waals surface area contributed by atoms with Crippen molar-refractivity contribution in [3.63, 3.8) is 0 Å². The summed E-state index contributed by atoms with van der Waals surface area (Å²) in [5, 5.41) is 0. The first-order valence-electron chi connectivity index (χ1n) is 4.93. The van der Waals surface area contributed by atoms with E-state index in [-0.39, 0.29) is 0 Å². The van der Waals surface area contributed by atoms with Crippen LogP contribution in [0.4, 0.5) is 0 Å². The summed E-state index contributed by atoms with van der Waals surface area (Å²) in [6, 6.07) is 10.6. The maximum Gasteiger partial charge on any atom is -0.0190 e. The van der Waals surface area contributed by atoms with E-state index in [9.17, 15) is 0 Å². The molecule has 0 spiro atoms. The van der Waals surface area contributed by atoms with Crippen molar-refractivity contribution < 1.29 is 0 Å². The second-order valence-corrected chi connectivity index (χ2v) is 3.48. The third-order valence-corrected chi connectivity index (χ3v) is 2.38. The Kier molecular flexibility index (Phi) is 4.31. The van der Waals surface area contributed by atoms with Gasteiger partial charge in [0.25, 0.3) is 0 Å². The van der Waals surface area contributed by atoms with Crippen LogP contribution in [0.3, 0.4) is 0 Å². The molecule has 0 saturated heterocycles. The Morgan fingerprint density at radius 2 is 2.00 bits per heavy atom. The normalized spacial score (nSPS) is 12.4. The number of benzene rings is 1. The molecule has 0 saturated carbocycles. The molecule has 0 aliphatic heterocycles. The van der Waals surface area contributed by atoms with Crippen molar-refractivity contribution in [1.29, 1.82) is 0 Å². The third-order valence-electron chi connectivity index (χ3n) is 2.38. The van der Waals surface area contributed by atoms with Crippen LogP contribution in [0.15, 0.2) is 36.4 Å². The van der Waals surface area contributed by atoms with Crippen LogP contribution in [0.2, 0.25) is 0 Å². The Labute approximate surface area is 81.3 Å². The predicted molar refractivity (Wildman–Crippen MR) is 57.6 cm³/mol. The van der Waals surface area contributed by atoms with Crippen molar-refractivity contribution in [2.75, 3.05) is 0 Å². The minimum Gasteiger partial charge on any atom is -0.0845 e. The number of unbranched alkanes of at least 4 members (excludes halogenated alkanes) is 1. The number of hydrogen-bond acceptors (Lipinski definition) is 0. The zero-order valence-electron chi connectivity index (χ0n) is 8.24. The average molecular weight is 173 g/mol. The zero-order valence-corrected chi connectivity index (χ0v) is 8.24. The fourth-order valence-electron chi connectivity index (χ4n) is 1.49. The quantitative estimate of drug-likeness (QED) is 0.591. The van der Waals surface area contributed by atoms with Crippen molar-refractivity contribution in [3.05, 3.63) is 48.6 Å². The molecule has 1 atom stereocenters. The Hall–Kier alpha value is -1.04. The molecular weight excluding hydrogens is 156 g/mol. The highest BCUT2D eigenvalue weighted by atomic mass is 14.1. The lowest BCUT2D eigenvalue weighted by atomic mass is 9.96. The summed E-state index contributed by atoms with van der Waals surface area (Å²) in [5.41, 5.74) is 1.43. The van der Waals surface area contributed by atoms with Gasteiger partial charge in [-0.15, -0.1) is 0 Å². The Morgan fingerprint density at radius 1 is 1.31 bits per heavy atom. The summed E-state index contributed by atoms with van der Waals surface area (Å²) >= 11 is 0. The lowest BCUT2D eigenvalue weighted by molar-refractivity contribution is 0.640. The first-order valence-corrected chi connectivity index (χ1v) is 4.93. The molecule has 0 heteroatoms. The SMILES string of the molecule is [CH]=CCCCC(C)c1ccccc1. The van der Waals surface area contributed by atoms with E-state index in [2.05, 4.69) is 37.3 Å². The highest BCUT2D eigenvalue weighted by Gasteiger charge is 2.02. The third kappa shape index (κ3) is 3.45. The second-order valence-electron chi connectivity index (χ2n) is 3.48. The summed E-state index contributed by atoms with van der Waals surface area (Å²) < 4.78 is 0. The summed E-state index contributed by atoms with van der Waals surface area (Å²) in [6.45, 7) is 7.60. The van der Waals surface area contributed by atoms with E-state index in [0.29, 0.717) is 5.92 Å². The molecule has 1 aromatic carbocycles. The van der Waals surface area contributed by atoms with Crippen molar-refractivity contribution >= 4 is 0 Å². The van der Waals surface area contributed by atoms with Gasteiger partial charge in [0.05, 0.1) is 0 Å². The molecule has 0 bridgehead atoms. The highest BCUT2D eigenvalue weighted by Crippen LogP contribution is 2.20. The van der Waals surface area contributed by atoms with E-state index in [0.717, 1.165) is 6.42 Å². The van der Waals surface area contributed by atoms with Crippen LogP contribution in [-0.4, -0.2) is 0 Å². The van der Waals surface area contributed by atoms with Gasteiger partial charge in [0, 0.05) is 0 Å². The first kappa shape index (κ1) is 10.0. The van der Waals surface area contributed by atoms with Gasteiger partial charge in [-0.3, -0.25) is 0 Å². The Bertz CT molecular complexity index is 235. The fraction of sp³-hybridized carbons (Fsp3) is 0.385. The lowest BCUT2D eigenvalue weighted by Gasteiger charge is -2.10. The summed E-state index contributed by atoms with van der Waals surface area (Å²) in [7, 11) is 0. The van der Waals surface area contributed by atoms with E-state index < -0.39 is 0 Å². The molecule has 0 N–H and O–H groups in total. The first-order chi connectivity index (χ1) is 6.34. The topological polar surface area (TPSA) is 0 Å². The van der Waals surface area contributed by atoms with Crippen LogP contribution >= 0.6 is 0 Å². The molecule has 1 aromatic rings. The Balaban J connectivity index is 2.39. The van der Waals surface area contributed by atoms with Crippen molar-refractivity contribution in [2.24, 2.45) is 0 Å². The molecule has 0 aliphatic carbocycles. The van der Waals surface area contributed by atoms with Crippen molar-refractivity contribution in [3.8, 4) is 0 Å². The number of rotatable bonds is 5.